The van der Waals surface area contributed by atoms with Gasteiger partial charge in [-0.25, -0.2) is 0 Å². The van der Waals surface area contributed by atoms with Crippen molar-refractivity contribution in [1.82, 2.24) is 0 Å². The highest BCUT2D eigenvalue weighted by Gasteiger charge is 1.43. The van der Waals surface area contributed by atoms with Crippen LogP contribution in [0.5, 0.6) is 0 Å². The summed E-state index contributed by atoms with van der Waals surface area (Å²) < 4.78 is 0. The second-order valence-corrected chi connectivity index (χ2v) is 1.50. The van der Waals surface area contributed by atoms with Crippen LogP contribution in [0, 0.1) is 0 Å². The zero-order valence-corrected chi connectivity index (χ0v) is 7.91. The molecule has 0 aliphatic heterocycles. The quantitative estimate of drug-likeness (QED) is 0.364. The third-order valence-corrected chi connectivity index (χ3v) is 0. The largest absolute Gasteiger partial charge is 1.00 e. The van der Waals surface area contributed by atoms with Crippen molar-refractivity contribution in [1.29, 1.82) is 0 Å². The van der Waals surface area contributed by atoms with Gasteiger partial charge in [0.05, 0.1) is 0 Å². The molecule has 0 aromatic heterocycles. The first-order valence-electron chi connectivity index (χ1n) is 1.21. The van der Waals surface area contributed by atoms with Crippen LogP contribution in [0.1, 0.15) is 6.92 Å². The standard InChI is InChI=1S/C2H7P.BrH.H3P/c1-2-3;;/h2-3H2,1H3;1H;1H3. The van der Waals surface area contributed by atoms with E-state index in [-0.39, 0.29) is 26.9 Å². The van der Waals surface area contributed by atoms with Gasteiger partial charge in [0.25, 0.3) is 0 Å². The van der Waals surface area contributed by atoms with E-state index in [0.717, 1.165) is 0 Å². The summed E-state index contributed by atoms with van der Waals surface area (Å²) in [6.45, 7) is 2.14. The molecule has 0 aliphatic rings. The van der Waals surface area contributed by atoms with Crippen LogP contribution in [-0.2, 0) is 0 Å². The van der Waals surface area contributed by atoms with Crippen LogP contribution in [-0.4, -0.2) is 6.16 Å². The van der Waals surface area contributed by atoms with Crippen LogP contribution in [0.15, 0.2) is 0 Å². The maximum absolute atomic E-state index is 2.14. The molecule has 2 unspecified atom stereocenters. The molecule has 0 nitrogen and oxygen atoms in total. The van der Waals surface area contributed by atoms with Crippen molar-refractivity contribution in [2.75, 3.05) is 6.16 Å². The molecule has 0 aliphatic carbocycles. The molecule has 0 rings (SSSR count). The van der Waals surface area contributed by atoms with Gasteiger partial charge in [-0.15, -0.1) is 0 Å². The van der Waals surface area contributed by atoms with Gasteiger partial charge >= 0.3 is 0 Å². The molecule has 5 heavy (non-hydrogen) atoms. The third kappa shape index (κ3) is 33.2. The summed E-state index contributed by atoms with van der Waals surface area (Å²) in [7, 11) is 1.97. The van der Waals surface area contributed by atoms with Gasteiger partial charge in [0.15, 0.2) is 0 Å². The molecule has 0 bridgehead atoms. The van der Waals surface area contributed by atoms with Crippen LogP contribution >= 0.6 is 19.1 Å². The van der Waals surface area contributed by atoms with Crippen LogP contribution in [0.3, 0.4) is 0 Å². The lowest BCUT2D eigenvalue weighted by atomic mass is 11.0. The second kappa shape index (κ2) is 18.4. The number of halogens is 1. The van der Waals surface area contributed by atoms with Crippen molar-refractivity contribution < 1.29 is 17.0 Å². The molecule has 0 radical (unpaired) electrons. The molecule has 0 saturated carbocycles. The lowest BCUT2D eigenvalue weighted by molar-refractivity contribution is -0.000000782. The Bertz CT molecular complexity index is 7.61. The SMILES string of the molecule is CC[PH3+].P.[Br-]. The van der Waals surface area contributed by atoms with Gasteiger partial charge in [-0.3, -0.25) is 0 Å². The van der Waals surface area contributed by atoms with Crippen LogP contribution in [0.25, 0.3) is 0 Å². The summed E-state index contributed by atoms with van der Waals surface area (Å²) in [5, 5.41) is 0. The fourth-order valence-corrected chi connectivity index (χ4v) is 0. The maximum Gasteiger partial charge on any atom is 0.0498 e. The summed E-state index contributed by atoms with van der Waals surface area (Å²) in [5.74, 6) is 0. The molecule has 0 saturated heterocycles. The zero-order chi connectivity index (χ0) is 2.71. The van der Waals surface area contributed by atoms with Crippen LogP contribution in [0.2, 0.25) is 0 Å². The maximum atomic E-state index is 2.14. The highest BCUT2D eigenvalue weighted by molar-refractivity contribution is 7.16. The fraction of sp³-hybridized carbons (Fsp3) is 1.00. The van der Waals surface area contributed by atoms with E-state index in [4.69, 9.17) is 0 Å². The summed E-state index contributed by atoms with van der Waals surface area (Å²) in [6.07, 6.45) is 1.28. The summed E-state index contributed by atoms with van der Waals surface area (Å²) in [4.78, 5) is 0. The van der Waals surface area contributed by atoms with Gasteiger partial charge < -0.3 is 17.0 Å². The predicted octanol–water partition coefficient (Wildman–Crippen LogP) is -2.32. The van der Waals surface area contributed by atoms with Crippen molar-refractivity contribution >= 4 is 19.1 Å². The van der Waals surface area contributed by atoms with Gasteiger partial charge in [-0.1, -0.05) is 0 Å². The molecule has 0 N–H and O–H groups in total. The Hall–Kier alpha value is 1.34. The molecular formula is C2H11BrP2. The van der Waals surface area contributed by atoms with E-state index < -0.39 is 0 Å². The molecule has 0 fully saturated rings. The third-order valence-electron chi connectivity index (χ3n) is 0. The van der Waals surface area contributed by atoms with Crippen molar-refractivity contribution in [3.63, 3.8) is 0 Å². The minimum Gasteiger partial charge on any atom is -1.00 e. The van der Waals surface area contributed by atoms with Crippen molar-refractivity contribution in [2.45, 2.75) is 6.92 Å². The summed E-state index contributed by atoms with van der Waals surface area (Å²) in [6, 6.07) is 0. The molecular weight excluding hydrogens is 166 g/mol. The molecule has 2 atom stereocenters. The first kappa shape index (κ1) is 16.2. The smallest absolute Gasteiger partial charge is 0.0498 e. The molecule has 0 heterocycles. The number of rotatable bonds is 0. The van der Waals surface area contributed by atoms with E-state index in [2.05, 4.69) is 6.92 Å². The number of hydrogen-bond donors (Lipinski definition) is 0. The Kier molecular flexibility index (Phi) is 59.5. The highest BCUT2D eigenvalue weighted by Crippen LogP contribution is 1.68. The predicted molar refractivity (Wildman–Crippen MR) is 32.8 cm³/mol. The Labute approximate surface area is 49.7 Å². The van der Waals surface area contributed by atoms with Crippen LogP contribution < -0.4 is 17.0 Å². The summed E-state index contributed by atoms with van der Waals surface area (Å²) in [5.41, 5.74) is 0. The lowest BCUT2D eigenvalue weighted by Crippen LogP contribution is -3.00. The Balaban J connectivity index is -0.0000000200. The van der Waals surface area contributed by atoms with Crippen molar-refractivity contribution in [2.24, 2.45) is 0 Å². The molecule has 0 amide bonds. The average molecular weight is 177 g/mol. The highest BCUT2D eigenvalue weighted by atomic mass is 79.9. The Morgan fingerprint density at radius 3 is 1.60 bits per heavy atom. The molecule has 0 spiro atoms. The minimum atomic E-state index is 0. The molecule has 0 aromatic carbocycles. The van der Waals surface area contributed by atoms with Gasteiger partial charge in [0.1, 0.15) is 0 Å². The van der Waals surface area contributed by atoms with E-state index in [1.807, 2.05) is 9.24 Å². The van der Waals surface area contributed by atoms with Crippen molar-refractivity contribution in [3.05, 3.63) is 0 Å². The van der Waals surface area contributed by atoms with Gasteiger partial charge in [0.2, 0.25) is 0 Å². The van der Waals surface area contributed by atoms with Crippen LogP contribution in [0.4, 0.5) is 0 Å². The van der Waals surface area contributed by atoms with Crippen molar-refractivity contribution in [3.8, 4) is 0 Å². The average Bonchev–Trinajstić information content (AvgIpc) is 0.918. The van der Waals surface area contributed by atoms with E-state index in [1.165, 1.54) is 6.16 Å². The first-order chi connectivity index (χ1) is 1.41. The first-order valence-corrected chi connectivity index (χ1v) is 2.21. The van der Waals surface area contributed by atoms with E-state index in [9.17, 15) is 0 Å². The normalized spacial score (nSPS) is 4.20. The van der Waals surface area contributed by atoms with Gasteiger partial charge in [-0.2, -0.15) is 9.90 Å². The molecule has 0 aromatic rings. The second-order valence-electron chi connectivity index (χ2n) is 0.500. The van der Waals surface area contributed by atoms with Gasteiger partial charge in [-0.05, 0) is 16.2 Å². The lowest BCUT2D eigenvalue weighted by Gasteiger charge is -1.40. The minimum absolute atomic E-state index is 0. The zero-order valence-electron chi connectivity index (χ0n) is 3.50. The van der Waals surface area contributed by atoms with E-state index in [0.29, 0.717) is 0 Å². The topological polar surface area (TPSA) is 0 Å². The molecule has 3 heteroatoms. The fourth-order valence-electron chi connectivity index (χ4n) is 0. The van der Waals surface area contributed by atoms with E-state index >= 15 is 0 Å². The Morgan fingerprint density at radius 1 is 1.60 bits per heavy atom. The number of hydrogen-bond acceptors (Lipinski definition) is 0. The van der Waals surface area contributed by atoms with E-state index in [1.54, 1.807) is 0 Å². The summed E-state index contributed by atoms with van der Waals surface area (Å²) >= 11 is 0. The molecule has 36 valence electrons. The Morgan fingerprint density at radius 2 is 1.60 bits per heavy atom. The monoisotopic (exact) mass is 176 g/mol. The van der Waals surface area contributed by atoms with Gasteiger partial charge in [0, 0.05) is 6.16 Å².